The lowest BCUT2D eigenvalue weighted by Gasteiger charge is -2.42. The molecule has 0 aliphatic carbocycles. The number of carbonyl (C=O) groups excluding carboxylic acids is 1. The normalized spacial score (nSPS) is 21.8. The van der Waals surface area contributed by atoms with Gasteiger partial charge in [0.25, 0.3) is 5.91 Å². The molecule has 1 N–H and O–H groups in total. The number of fused-ring (bicyclic) bond motifs is 1. The first-order valence-corrected chi connectivity index (χ1v) is 10.2. The number of aryl methyl sites for hydroxylation is 2. The molecule has 0 radical (unpaired) electrons. The number of carbonyl (C=O) groups is 1. The molecule has 0 bridgehead atoms. The summed E-state index contributed by atoms with van der Waals surface area (Å²) in [5.74, 6) is 0.781. The third-order valence-electron chi connectivity index (χ3n) is 6.22. The highest BCUT2D eigenvalue weighted by Gasteiger charge is 2.53. The summed E-state index contributed by atoms with van der Waals surface area (Å²) in [4.78, 5) is 20.2. The van der Waals surface area contributed by atoms with Crippen molar-refractivity contribution in [1.82, 2.24) is 15.0 Å². The van der Waals surface area contributed by atoms with Gasteiger partial charge in [0, 0.05) is 34.8 Å². The summed E-state index contributed by atoms with van der Waals surface area (Å²) in [7, 11) is 0. The Morgan fingerprint density at radius 3 is 2.66 bits per heavy atom. The number of anilines is 1. The molecule has 0 saturated carbocycles. The van der Waals surface area contributed by atoms with Crippen LogP contribution in [-0.4, -0.2) is 34.0 Å². The van der Waals surface area contributed by atoms with Crippen LogP contribution in [0.4, 0.5) is 5.69 Å². The first-order valence-electron chi connectivity index (χ1n) is 10.2. The van der Waals surface area contributed by atoms with Crippen molar-refractivity contribution in [2.45, 2.75) is 38.6 Å². The van der Waals surface area contributed by atoms with Crippen LogP contribution in [-0.2, 0) is 10.3 Å². The third-order valence-corrected chi connectivity index (χ3v) is 6.22. The highest BCUT2D eigenvalue weighted by Crippen LogP contribution is 2.47. The Kier molecular flexibility index (Phi) is 4.24. The van der Waals surface area contributed by atoms with E-state index in [1.165, 1.54) is 6.42 Å². The van der Waals surface area contributed by atoms with E-state index < -0.39 is 5.54 Å². The molecule has 1 fully saturated rings. The van der Waals surface area contributed by atoms with Crippen molar-refractivity contribution < 1.29 is 9.32 Å². The van der Waals surface area contributed by atoms with Crippen LogP contribution < -0.4 is 5.32 Å². The van der Waals surface area contributed by atoms with Gasteiger partial charge in [-0.25, -0.2) is 0 Å². The minimum Gasteiger partial charge on any atom is -0.361 e. The zero-order valence-corrected chi connectivity index (χ0v) is 16.7. The first-order chi connectivity index (χ1) is 14.1. The molecule has 2 aliphatic rings. The summed E-state index contributed by atoms with van der Waals surface area (Å²) in [6.07, 6.45) is 6.96. The lowest BCUT2D eigenvalue weighted by molar-refractivity contribution is -0.126. The predicted octanol–water partition coefficient (Wildman–Crippen LogP) is 4.04. The fraction of sp³-hybridized carbons (Fsp3) is 0.348. The minimum absolute atomic E-state index is 0.00156. The molecule has 6 nitrogen and oxygen atoms in total. The van der Waals surface area contributed by atoms with Crippen molar-refractivity contribution >= 4 is 11.6 Å². The maximum atomic E-state index is 13.6. The minimum atomic E-state index is -0.862. The van der Waals surface area contributed by atoms with Crippen LogP contribution >= 0.6 is 0 Å². The number of aromatic nitrogens is 2. The molecule has 29 heavy (non-hydrogen) atoms. The van der Waals surface area contributed by atoms with Gasteiger partial charge < -0.3 is 9.84 Å². The van der Waals surface area contributed by atoms with Gasteiger partial charge in [-0.3, -0.25) is 14.7 Å². The summed E-state index contributed by atoms with van der Waals surface area (Å²) >= 11 is 0. The number of piperidine rings is 1. The molecule has 2 aliphatic heterocycles. The third kappa shape index (κ3) is 2.63. The van der Waals surface area contributed by atoms with Crippen molar-refractivity contribution in [3.8, 4) is 11.1 Å². The van der Waals surface area contributed by atoms with Crippen molar-refractivity contribution in [3.63, 3.8) is 0 Å². The average Bonchev–Trinajstić information content (AvgIpc) is 3.24. The molecule has 1 aromatic carbocycles. The van der Waals surface area contributed by atoms with E-state index in [0.29, 0.717) is 0 Å². The van der Waals surface area contributed by atoms with Crippen molar-refractivity contribution in [1.29, 1.82) is 0 Å². The van der Waals surface area contributed by atoms with E-state index in [-0.39, 0.29) is 5.91 Å². The quantitative estimate of drug-likeness (QED) is 0.733. The van der Waals surface area contributed by atoms with E-state index in [9.17, 15) is 4.79 Å². The highest BCUT2D eigenvalue weighted by atomic mass is 16.5. The summed E-state index contributed by atoms with van der Waals surface area (Å²) in [6, 6.07) is 10.1. The average molecular weight is 388 g/mol. The Hall–Kier alpha value is -2.99. The lowest BCUT2D eigenvalue weighted by Crippen LogP contribution is -2.53. The van der Waals surface area contributed by atoms with E-state index in [4.69, 9.17) is 4.52 Å². The molecule has 1 amide bonds. The number of amides is 1. The van der Waals surface area contributed by atoms with Gasteiger partial charge in [0.15, 0.2) is 5.54 Å². The second kappa shape index (κ2) is 6.81. The second-order valence-corrected chi connectivity index (χ2v) is 7.91. The number of nitrogens with one attached hydrogen (secondary N) is 1. The number of nitrogens with zero attached hydrogens (tertiary/aromatic N) is 3. The molecular weight excluding hydrogens is 364 g/mol. The number of hydrogen-bond acceptors (Lipinski definition) is 5. The van der Waals surface area contributed by atoms with Crippen LogP contribution in [0.2, 0.25) is 0 Å². The summed E-state index contributed by atoms with van der Waals surface area (Å²) in [6.45, 7) is 5.64. The highest BCUT2D eigenvalue weighted by molar-refractivity contribution is 6.08. The van der Waals surface area contributed by atoms with Gasteiger partial charge in [-0.1, -0.05) is 23.7 Å². The van der Waals surface area contributed by atoms with E-state index in [1.807, 2.05) is 44.3 Å². The van der Waals surface area contributed by atoms with E-state index >= 15 is 0 Å². The Balaban J connectivity index is 1.75. The smallest absolute Gasteiger partial charge is 0.254 e. The zero-order chi connectivity index (χ0) is 20.0. The predicted molar refractivity (Wildman–Crippen MR) is 110 cm³/mol. The van der Waals surface area contributed by atoms with Crippen LogP contribution in [0.1, 0.15) is 41.8 Å². The number of hydrogen-bond donors (Lipinski definition) is 1. The van der Waals surface area contributed by atoms with Gasteiger partial charge in [-0.15, -0.1) is 0 Å². The molecule has 0 spiro atoms. The molecule has 1 saturated heterocycles. The fourth-order valence-corrected chi connectivity index (χ4v) is 4.93. The van der Waals surface area contributed by atoms with Crippen molar-refractivity contribution in [2.24, 2.45) is 0 Å². The van der Waals surface area contributed by atoms with E-state index in [0.717, 1.165) is 65.3 Å². The molecule has 2 aromatic heterocycles. The molecule has 6 heteroatoms. The van der Waals surface area contributed by atoms with Crippen LogP contribution in [0.25, 0.3) is 11.1 Å². The number of rotatable bonds is 3. The van der Waals surface area contributed by atoms with Gasteiger partial charge >= 0.3 is 0 Å². The Morgan fingerprint density at radius 2 is 1.97 bits per heavy atom. The van der Waals surface area contributed by atoms with Crippen LogP contribution in [0.5, 0.6) is 0 Å². The fourth-order valence-electron chi connectivity index (χ4n) is 4.93. The van der Waals surface area contributed by atoms with Crippen LogP contribution in [0.3, 0.4) is 0 Å². The van der Waals surface area contributed by atoms with Crippen molar-refractivity contribution in [3.05, 3.63) is 65.3 Å². The molecule has 3 aromatic rings. The van der Waals surface area contributed by atoms with E-state index in [1.54, 1.807) is 6.20 Å². The summed E-state index contributed by atoms with van der Waals surface area (Å²) in [5, 5.41) is 7.25. The summed E-state index contributed by atoms with van der Waals surface area (Å²) < 4.78 is 5.39. The summed E-state index contributed by atoms with van der Waals surface area (Å²) in [5.41, 5.74) is 4.75. The van der Waals surface area contributed by atoms with Gasteiger partial charge in [0.2, 0.25) is 0 Å². The number of benzene rings is 1. The molecule has 1 atom stereocenters. The number of likely N-dealkylation sites (tertiary alicyclic amines) is 1. The lowest BCUT2D eigenvalue weighted by atomic mass is 9.80. The Morgan fingerprint density at radius 1 is 1.14 bits per heavy atom. The largest absolute Gasteiger partial charge is 0.361 e. The van der Waals surface area contributed by atoms with Crippen molar-refractivity contribution in [2.75, 3.05) is 18.4 Å². The van der Waals surface area contributed by atoms with Gasteiger partial charge in [-0.2, -0.15) is 0 Å². The maximum Gasteiger partial charge on any atom is 0.254 e. The van der Waals surface area contributed by atoms with Crippen LogP contribution in [0, 0.1) is 13.8 Å². The van der Waals surface area contributed by atoms with Gasteiger partial charge in [0.1, 0.15) is 5.76 Å². The first kappa shape index (κ1) is 18.1. The maximum absolute atomic E-state index is 13.6. The molecule has 5 rings (SSSR count). The number of pyridine rings is 1. The Bertz CT molecular complexity index is 1050. The standard InChI is InChI=1S/C23H24N4O2/c1-15-21(16(2)29-26-15)17-8-9-20-19(13-17)23(22(28)25-20,18-7-6-10-24-14-18)27-11-4-3-5-12-27/h6-10,13-14H,3-5,11-12H2,1-2H3,(H,25,28). The molecule has 1 unspecified atom stereocenters. The SMILES string of the molecule is Cc1noc(C)c1-c1ccc2c(c1)C(c1cccnc1)(N1CCCCC1)C(=O)N2. The van der Waals surface area contributed by atoms with Gasteiger partial charge in [-0.05, 0) is 63.5 Å². The van der Waals surface area contributed by atoms with E-state index in [2.05, 4.69) is 26.4 Å². The zero-order valence-electron chi connectivity index (χ0n) is 16.7. The van der Waals surface area contributed by atoms with Crippen LogP contribution in [0.15, 0.2) is 47.2 Å². The monoisotopic (exact) mass is 388 g/mol. The second-order valence-electron chi connectivity index (χ2n) is 7.91. The molecule has 4 heterocycles. The topological polar surface area (TPSA) is 71.3 Å². The van der Waals surface area contributed by atoms with Gasteiger partial charge in [0.05, 0.1) is 5.69 Å². The Labute approximate surface area is 169 Å². The molecular formula is C23H24N4O2. The molecule has 148 valence electrons.